The highest BCUT2D eigenvalue weighted by molar-refractivity contribution is 6.47. The highest BCUT2D eigenvalue weighted by atomic mass is 35.5. The molecule has 0 radical (unpaired) electrons. The summed E-state index contributed by atoms with van der Waals surface area (Å²) in [5.74, 6) is -0.0233. The molecule has 6 nitrogen and oxygen atoms in total. The lowest BCUT2D eigenvalue weighted by Crippen LogP contribution is -2.37. The van der Waals surface area contributed by atoms with Gasteiger partial charge in [0.1, 0.15) is 29.1 Å². The normalized spacial score (nSPS) is 21.6. The number of nitrogens with zero attached hydrogens (tertiary/aromatic N) is 1. The third kappa shape index (κ3) is 3.49. The van der Waals surface area contributed by atoms with Crippen molar-refractivity contribution in [1.29, 1.82) is 0 Å². The van der Waals surface area contributed by atoms with E-state index in [9.17, 15) is 14.7 Å². The van der Waals surface area contributed by atoms with Crippen LogP contribution < -0.4 is 4.74 Å². The fourth-order valence-corrected chi connectivity index (χ4v) is 4.58. The van der Waals surface area contributed by atoms with E-state index in [1.165, 1.54) is 0 Å². The molecule has 1 aliphatic carbocycles. The van der Waals surface area contributed by atoms with Gasteiger partial charge in [-0.2, -0.15) is 0 Å². The molecule has 4 rings (SSSR count). The van der Waals surface area contributed by atoms with Crippen LogP contribution in [0.2, 0.25) is 5.02 Å². The van der Waals surface area contributed by atoms with Crippen molar-refractivity contribution in [3.8, 4) is 5.75 Å². The second-order valence-electron chi connectivity index (χ2n) is 7.67. The Bertz CT molecular complexity index is 1020. The van der Waals surface area contributed by atoms with E-state index in [0.29, 0.717) is 23.9 Å². The summed E-state index contributed by atoms with van der Waals surface area (Å²) in [6.07, 6.45) is 3.65. The SMILES string of the molecule is CCOc1ccc(Cl)c(/C(O)=C2\C(=O)C(=O)N(C3CCCC3)C2c2ccc(C)o2)c1. The van der Waals surface area contributed by atoms with Gasteiger partial charge in [-0.05, 0) is 57.0 Å². The second kappa shape index (κ2) is 8.19. The molecule has 1 amide bonds. The molecule has 0 bridgehead atoms. The molecule has 0 spiro atoms. The van der Waals surface area contributed by atoms with Crippen molar-refractivity contribution in [3.05, 3.63) is 58.0 Å². The first-order valence-corrected chi connectivity index (χ1v) is 10.6. The summed E-state index contributed by atoms with van der Waals surface area (Å²) in [7, 11) is 0. The summed E-state index contributed by atoms with van der Waals surface area (Å²) in [4.78, 5) is 27.7. The van der Waals surface area contributed by atoms with Crippen LogP contribution in [0.4, 0.5) is 0 Å². The molecule has 1 unspecified atom stereocenters. The summed E-state index contributed by atoms with van der Waals surface area (Å²) < 4.78 is 11.3. The summed E-state index contributed by atoms with van der Waals surface area (Å²) >= 11 is 6.33. The average Bonchev–Trinajstić information content (AvgIpc) is 3.44. The van der Waals surface area contributed by atoms with Crippen LogP contribution in [0.5, 0.6) is 5.75 Å². The standard InChI is InChI=1S/C23H24ClNO5/c1-3-29-15-9-10-17(24)16(12-15)21(26)19-20(18-11-8-13(2)30-18)25(23(28)22(19)27)14-6-4-5-7-14/h8-12,14,20,26H,3-7H2,1-2H3/b21-19+. The molecule has 1 aliphatic heterocycles. The van der Waals surface area contributed by atoms with Crippen molar-refractivity contribution in [1.82, 2.24) is 4.90 Å². The molecular formula is C23H24ClNO5. The van der Waals surface area contributed by atoms with Crippen LogP contribution >= 0.6 is 11.6 Å². The van der Waals surface area contributed by atoms with Crippen LogP contribution in [0.1, 0.15) is 55.7 Å². The minimum absolute atomic E-state index is 0.00296. The maximum atomic E-state index is 13.1. The molecule has 158 valence electrons. The van der Waals surface area contributed by atoms with Crippen LogP contribution in [0.25, 0.3) is 5.76 Å². The molecule has 1 aromatic carbocycles. The molecule has 2 heterocycles. The summed E-state index contributed by atoms with van der Waals surface area (Å²) in [5, 5.41) is 11.4. The van der Waals surface area contributed by atoms with E-state index in [1.807, 2.05) is 6.92 Å². The topological polar surface area (TPSA) is 80.0 Å². The number of carbonyl (C=O) groups excluding carboxylic acids is 2. The fourth-order valence-electron chi connectivity index (χ4n) is 4.38. The zero-order valence-corrected chi connectivity index (χ0v) is 17.7. The van der Waals surface area contributed by atoms with Gasteiger partial charge in [-0.15, -0.1) is 0 Å². The number of aliphatic hydroxyl groups excluding tert-OH is 1. The van der Waals surface area contributed by atoms with Crippen LogP contribution in [-0.4, -0.2) is 34.3 Å². The second-order valence-corrected chi connectivity index (χ2v) is 8.07. The smallest absolute Gasteiger partial charge is 0.296 e. The zero-order valence-electron chi connectivity index (χ0n) is 17.0. The van der Waals surface area contributed by atoms with E-state index < -0.39 is 17.7 Å². The van der Waals surface area contributed by atoms with Gasteiger partial charge < -0.3 is 19.2 Å². The number of Topliss-reactive ketones (excluding diaryl/α,β-unsaturated/α-hetero) is 1. The van der Waals surface area contributed by atoms with E-state index in [2.05, 4.69) is 0 Å². The molecule has 7 heteroatoms. The number of likely N-dealkylation sites (tertiary alicyclic amines) is 1. The minimum atomic E-state index is -0.784. The number of benzene rings is 1. The number of hydrogen-bond donors (Lipinski definition) is 1. The maximum Gasteiger partial charge on any atom is 0.296 e. The first-order valence-electron chi connectivity index (χ1n) is 10.2. The van der Waals surface area contributed by atoms with E-state index >= 15 is 0 Å². The monoisotopic (exact) mass is 429 g/mol. The number of furan rings is 1. The van der Waals surface area contributed by atoms with E-state index in [0.717, 1.165) is 25.7 Å². The lowest BCUT2D eigenvalue weighted by Gasteiger charge is -2.29. The number of halogens is 1. The van der Waals surface area contributed by atoms with Gasteiger partial charge in [0.2, 0.25) is 0 Å². The Morgan fingerprint density at radius 2 is 1.97 bits per heavy atom. The Kier molecular flexibility index (Phi) is 5.60. The number of ketones is 1. The van der Waals surface area contributed by atoms with Gasteiger partial charge in [-0.3, -0.25) is 9.59 Å². The van der Waals surface area contributed by atoms with Crippen molar-refractivity contribution in [2.24, 2.45) is 0 Å². The first kappa shape index (κ1) is 20.5. The fraction of sp³-hybridized carbons (Fsp3) is 0.391. The largest absolute Gasteiger partial charge is 0.507 e. The van der Waals surface area contributed by atoms with Gasteiger partial charge in [-0.1, -0.05) is 24.4 Å². The van der Waals surface area contributed by atoms with Crippen molar-refractivity contribution in [2.45, 2.75) is 51.6 Å². The molecule has 1 aromatic heterocycles. The third-order valence-corrected chi connectivity index (χ3v) is 6.06. The van der Waals surface area contributed by atoms with Crippen molar-refractivity contribution in [3.63, 3.8) is 0 Å². The molecule has 2 fully saturated rings. The van der Waals surface area contributed by atoms with Crippen molar-refractivity contribution >= 4 is 29.1 Å². The van der Waals surface area contributed by atoms with Gasteiger partial charge in [0, 0.05) is 11.6 Å². The number of hydrogen-bond acceptors (Lipinski definition) is 5. The number of rotatable bonds is 5. The predicted molar refractivity (Wildman–Crippen MR) is 112 cm³/mol. The van der Waals surface area contributed by atoms with Crippen LogP contribution in [-0.2, 0) is 9.59 Å². The van der Waals surface area contributed by atoms with Crippen molar-refractivity contribution in [2.75, 3.05) is 6.61 Å². The Morgan fingerprint density at radius 1 is 1.23 bits per heavy atom. The number of aliphatic hydroxyl groups is 1. The van der Waals surface area contributed by atoms with E-state index in [-0.39, 0.29) is 28.0 Å². The van der Waals surface area contributed by atoms with Gasteiger partial charge in [0.15, 0.2) is 0 Å². The lowest BCUT2D eigenvalue weighted by molar-refractivity contribution is -0.141. The maximum absolute atomic E-state index is 13.1. The molecule has 1 saturated heterocycles. The quantitative estimate of drug-likeness (QED) is 0.410. The van der Waals surface area contributed by atoms with E-state index in [1.54, 1.807) is 42.2 Å². The Morgan fingerprint density at radius 3 is 2.60 bits per heavy atom. The number of amides is 1. The van der Waals surface area contributed by atoms with Gasteiger partial charge >= 0.3 is 0 Å². The predicted octanol–water partition coefficient (Wildman–Crippen LogP) is 5.00. The minimum Gasteiger partial charge on any atom is -0.507 e. The first-order chi connectivity index (χ1) is 14.4. The van der Waals surface area contributed by atoms with Gasteiger partial charge in [0.05, 0.1) is 17.2 Å². The van der Waals surface area contributed by atoms with Crippen molar-refractivity contribution < 1.29 is 23.8 Å². The van der Waals surface area contributed by atoms with Gasteiger partial charge in [-0.25, -0.2) is 0 Å². The molecule has 2 aromatic rings. The van der Waals surface area contributed by atoms with E-state index in [4.69, 9.17) is 20.8 Å². The zero-order chi connectivity index (χ0) is 21.4. The Balaban J connectivity index is 1.88. The molecule has 1 N–H and O–H groups in total. The van der Waals surface area contributed by atoms with Crippen LogP contribution in [0, 0.1) is 6.92 Å². The highest BCUT2D eigenvalue weighted by Gasteiger charge is 2.50. The van der Waals surface area contributed by atoms with Gasteiger partial charge in [0.25, 0.3) is 11.7 Å². The summed E-state index contributed by atoms with van der Waals surface area (Å²) in [6, 6.07) is 7.55. The molecular weight excluding hydrogens is 406 g/mol. The Labute approximate surface area is 180 Å². The molecule has 2 aliphatic rings. The lowest BCUT2D eigenvalue weighted by atomic mass is 9.98. The summed E-state index contributed by atoms with van der Waals surface area (Å²) in [6.45, 7) is 4.09. The number of carbonyl (C=O) groups is 2. The number of aryl methyl sites for hydroxylation is 1. The third-order valence-electron chi connectivity index (χ3n) is 5.73. The highest BCUT2D eigenvalue weighted by Crippen LogP contribution is 2.44. The number of ether oxygens (including phenoxy) is 1. The molecule has 30 heavy (non-hydrogen) atoms. The summed E-state index contributed by atoms with van der Waals surface area (Å²) in [5.41, 5.74) is 0.247. The molecule has 1 atom stereocenters. The Hall–Kier alpha value is -2.73. The van der Waals surface area contributed by atoms with Crippen LogP contribution in [0.15, 0.2) is 40.3 Å². The average molecular weight is 430 g/mol. The van der Waals surface area contributed by atoms with Crippen LogP contribution in [0.3, 0.4) is 0 Å². The molecule has 1 saturated carbocycles.